The van der Waals surface area contributed by atoms with Crippen molar-refractivity contribution in [1.82, 2.24) is 5.32 Å². The predicted octanol–water partition coefficient (Wildman–Crippen LogP) is 5.42. The van der Waals surface area contributed by atoms with Crippen LogP contribution in [0.3, 0.4) is 0 Å². The third-order valence-corrected chi connectivity index (χ3v) is 4.05. The van der Waals surface area contributed by atoms with E-state index in [2.05, 4.69) is 63.2 Å². The Labute approximate surface area is 136 Å². The first-order valence-electron chi connectivity index (χ1n) is 6.53. The quantitative estimate of drug-likeness (QED) is 0.725. The number of nitrogens with one attached hydrogen (secondary N) is 1. The van der Waals surface area contributed by atoms with Gasteiger partial charge in [-0.25, -0.2) is 0 Å². The van der Waals surface area contributed by atoms with Gasteiger partial charge >= 0.3 is 0 Å². The summed E-state index contributed by atoms with van der Waals surface area (Å²) >= 11 is 6.95. The maximum absolute atomic E-state index is 5.97. The maximum Gasteiger partial charge on any atom is 0.141 e. The second-order valence-electron chi connectivity index (χ2n) is 4.56. The molecule has 4 heteroatoms. The highest BCUT2D eigenvalue weighted by atomic mass is 79.9. The molecule has 0 saturated heterocycles. The number of halogens is 2. The van der Waals surface area contributed by atoms with Gasteiger partial charge in [-0.3, -0.25) is 0 Å². The first-order valence-corrected chi connectivity index (χ1v) is 8.12. The number of hydrogen-bond acceptors (Lipinski definition) is 2. The summed E-state index contributed by atoms with van der Waals surface area (Å²) in [6.45, 7) is 6.04. The lowest BCUT2D eigenvalue weighted by molar-refractivity contribution is 0.475. The molecule has 1 N–H and O–H groups in total. The van der Waals surface area contributed by atoms with E-state index in [1.807, 2.05) is 24.3 Å². The standard InChI is InChI=1S/C16H17Br2NO/c1-3-19-10-12-4-6-15(11(2)8-12)20-16-7-5-13(17)9-14(16)18/h4-9,19H,3,10H2,1-2H3. The molecule has 0 radical (unpaired) electrons. The first-order chi connectivity index (χ1) is 9.60. The summed E-state index contributed by atoms with van der Waals surface area (Å²) < 4.78 is 7.92. The maximum atomic E-state index is 5.97. The average molecular weight is 399 g/mol. The third-order valence-electron chi connectivity index (χ3n) is 2.93. The third kappa shape index (κ3) is 4.08. The lowest BCUT2D eigenvalue weighted by Gasteiger charge is -2.12. The van der Waals surface area contributed by atoms with E-state index in [1.165, 1.54) is 5.56 Å². The average Bonchev–Trinajstić information content (AvgIpc) is 2.42. The molecular formula is C16H17Br2NO. The van der Waals surface area contributed by atoms with Gasteiger partial charge in [0.25, 0.3) is 0 Å². The molecular weight excluding hydrogens is 382 g/mol. The minimum Gasteiger partial charge on any atom is -0.456 e. The zero-order valence-electron chi connectivity index (χ0n) is 11.5. The van der Waals surface area contributed by atoms with Gasteiger partial charge in [-0.15, -0.1) is 0 Å². The number of hydrogen-bond donors (Lipinski definition) is 1. The van der Waals surface area contributed by atoms with Gasteiger partial charge in [0.1, 0.15) is 11.5 Å². The van der Waals surface area contributed by atoms with Crippen molar-refractivity contribution < 1.29 is 4.74 Å². The van der Waals surface area contributed by atoms with Crippen molar-refractivity contribution in [2.24, 2.45) is 0 Å². The van der Waals surface area contributed by atoms with Crippen molar-refractivity contribution in [2.75, 3.05) is 6.54 Å². The van der Waals surface area contributed by atoms with Crippen molar-refractivity contribution in [1.29, 1.82) is 0 Å². The lowest BCUT2D eigenvalue weighted by atomic mass is 10.1. The highest BCUT2D eigenvalue weighted by Crippen LogP contribution is 2.33. The Morgan fingerprint density at radius 3 is 2.45 bits per heavy atom. The van der Waals surface area contributed by atoms with Crippen molar-refractivity contribution >= 4 is 31.9 Å². The SMILES string of the molecule is CCNCc1ccc(Oc2ccc(Br)cc2Br)c(C)c1. The smallest absolute Gasteiger partial charge is 0.141 e. The van der Waals surface area contributed by atoms with Crippen LogP contribution in [0.15, 0.2) is 45.3 Å². The van der Waals surface area contributed by atoms with E-state index in [4.69, 9.17) is 4.74 Å². The van der Waals surface area contributed by atoms with Crippen LogP contribution in [0, 0.1) is 6.92 Å². The molecule has 20 heavy (non-hydrogen) atoms. The Balaban J connectivity index is 2.17. The molecule has 0 heterocycles. The van der Waals surface area contributed by atoms with E-state index < -0.39 is 0 Å². The normalized spacial score (nSPS) is 10.6. The van der Waals surface area contributed by atoms with Crippen LogP contribution in [-0.2, 0) is 6.54 Å². The van der Waals surface area contributed by atoms with Crippen LogP contribution >= 0.6 is 31.9 Å². The van der Waals surface area contributed by atoms with Crippen LogP contribution in [0.1, 0.15) is 18.1 Å². The molecule has 0 aliphatic heterocycles. The van der Waals surface area contributed by atoms with E-state index in [1.54, 1.807) is 0 Å². The van der Waals surface area contributed by atoms with Gasteiger partial charge in [-0.1, -0.05) is 35.0 Å². The van der Waals surface area contributed by atoms with Crippen molar-refractivity contribution in [2.45, 2.75) is 20.4 Å². The second kappa shape index (κ2) is 7.25. The fourth-order valence-corrected chi connectivity index (χ4v) is 3.01. The van der Waals surface area contributed by atoms with Gasteiger partial charge in [0.05, 0.1) is 4.47 Å². The molecule has 2 nitrogen and oxygen atoms in total. The zero-order chi connectivity index (χ0) is 14.5. The van der Waals surface area contributed by atoms with Gasteiger partial charge in [0.2, 0.25) is 0 Å². The van der Waals surface area contributed by atoms with Crippen molar-refractivity contribution in [3.63, 3.8) is 0 Å². The van der Waals surface area contributed by atoms with Gasteiger partial charge in [0, 0.05) is 11.0 Å². The van der Waals surface area contributed by atoms with Crippen LogP contribution in [-0.4, -0.2) is 6.54 Å². The molecule has 0 spiro atoms. The number of aryl methyl sites for hydroxylation is 1. The monoisotopic (exact) mass is 397 g/mol. The molecule has 2 aromatic carbocycles. The Kier molecular flexibility index (Phi) is 5.64. The highest BCUT2D eigenvalue weighted by Gasteiger charge is 2.06. The minimum absolute atomic E-state index is 0.815. The molecule has 0 atom stereocenters. The molecule has 0 aromatic heterocycles. The van der Waals surface area contributed by atoms with Gasteiger partial charge in [0.15, 0.2) is 0 Å². The molecule has 0 aliphatic rings. The lowest BCUT2D eigenvalue weighted by Crippen LogP contribution is -2.11. The van der Waals surface area contributed by atoms with E-state index in [0.717, 1.165) is 39.1 Å². The van der Waals surface area contributed by atoms with Crippen LogP contribution in [0.2, 0.25) is 0 Å². The summed E-state index contributed by atoms with van der Waals surface area (Å²) in [5.74, 6) is 1.70. The molecule has 0 saturated carbocycles. The number of ether oxygens (including phenoxy) is 1. The summed E-state index contributed by atoms with van der Waals surface area (Å²) in [4.78, 5) is 0. The van der Waals surface area contributed by atoms with E-state index in [0.29, 0.717) is 0 Å². The van der Waals surface area contributed by atoms with Crippen molar-refractivity contribution in [3.8, 4) is 11.5 Å². The second-order valence-corrected chi connectivity index (χ2v) is 6.33. The molecule has 2 aromatic rings. The number of rotatable bonds is 5. The fraction of sp³-hybridized carbons (Fsp3) is 0.250. The minimum atomic E-state index is 0.815. The van der Waals surface area contributed by atoms with Gasteiger partial charge in [-0.2, -0.15) is 0 Å². The zero-order valence-corrected chi connectivity index (χ0v) is 14.7. The van der Waals surface area contributed by atoms with Crippen LogP contribution in [0.5, 0.6) is 11.5 Å². The van der Waals surface area contributed by atoms with Gasteiger partial charge < -0.3 is 10.1 Å². The Bertz CT molecular complexity index is 599. The van der Waals surface area contributed by atoms with Crippen molar-refractivity contribution in [3.05, 3.63) is 56.5 Å². The summed E-state index contributed by atoms with van der Waals surface area (Å²) in [6.07, 6.45) is 0. The first kappa shape index (κ1) is 15.5. The van der Waals surface area contributed by atoms with E-state index in [9.17, 15) is 0 Å². The Morgan fingerprint density at radius 1 is 1.05 bits per heavy atom. The Morgan fingerprint density at radius 2 is 1.80 bits per heavy atom. The molecule has 0 aliphatic carbocycles. The van der Waals surface area contributed by atoms with Crippen LogP contribution < -0.4 is 10.1 Å². The molecule has 2 rings (SSSR count). The molecule has 0 bridgehead atoms. The van der Waals surface area contributed by atoms with Gasteiger partial charge in [-0.05, 0) is 64.8 Å². The van der Waals surface area contributed by atoms with E-state index in [-0.39, 0.29) is 0 Å². The largest absolute Gasteiger partial charge is 0.456 e. The summed E-state index contributed by atoms with van der Waals surface area (Å²) in [5.41, 5.74) is 2.40. The number of benzene rings is 2. The Hall–Kier alpha value is -0.840. The molecule has 0 unspecified atom stereocenters. The van der Waals surface area contributed by atoms with Crippen LogP contribution in [0.25, 0.3) is 0 Å². The topological polar surface area (TPSA) is 21.3 Å². The molecule has 0 amide bonds. The molecule has 0 fully saturated rings. The summed E-state index contributed by atoms with van der Waals surface area (Å²) in [6, 6.07) is 12.2. The summed E-state index contributed by atoms with van der Waals surface area (Å²) in [7, 11) is 0. The summed E-state index contributed by atoms with van der Waals surface area (Å²) in [5, 5.41) is 3.32. The predicted molar refractivity (Wildman–Crippen MR) is 90.5 cm³/mol. The fourth-order valence-electron chi connectivity index (χ4n) is 1.88. The van der Waals surface area contributed by atoms with E-state index >= 15 is 0 Å². The van der Waals surface area contributed by atoms with Crippen LogP contribution in [0.4, 0.5) is 0 Å². The highest BCUT2D eigenvalue weighted by molar-refractivity contribution is 9.11. The molecule has 106 valence electrons.